The van der Waals surface area contributed by atoms with Crippen molar-refractivity contribution in [3.8, 4) is 0 Å². The van der Waals surface area contributed by atoms with Crippen LogP contribution in [0.4, 0.5) is 11.4 Å². The van der Waals surface area contributed by atoms with Gasteiger partial charge in [0, 0.05) is 37.6 Å². The molecule has 270 valence electrons. The van der Waals surface area contributed by atoms with E-state index in [1.807, 2.05) is 0 Å². The van der Waals surface area contributed by atoms with Crippen molar-refractivity contribution in [2.75, 3.05) is 36.0 Å². The summed E-state index contributed by atoms with van der Waals surface area (Å²) in [7, 11) is 0. The van der Waals surface area contributed by atoms with Gasteiger partial charge in [-0.2, -0.15) is 0 Å². The van der Waals surface area contributed by atoms with E-state index >= 15 is 0 Å². The minimum absolute atomic E-state index is 1.08. The molecule has 0 aliphatic heterocycles. The van der Waals surface area contributed by atoms with Gasteiger partial charge in [-0.15, -0.1) is 0 Å². The van der Waals surface area contributed by atoms with E-state index in [4.69, 9.17) is 0 Å². The molecule has 0 radical (unpaired) electrons. The highest BCUT2D eigenvalue weighted by Gasteiger charge is 2.13. The summed E-state index contributed by atoms with van der Waals surface area (Å²) in [5, 5.41) is 0. The first-order chi connectivity index (χ1) is 25.2. The molecule has 0 N–H and O–H groups in total. The summed E-state index contributed by atoms with van der Waals surface area (Å²) in [6.07, 6.45) is 9.31. The normalized spacial score (nSPS) is 11.9. The van der Waals surface area contributed by atoms with Crippen LogP contribution in [0.25, 0.3) is 23.3 Å². The lowest BCUT2D eigenvalue weighted by atomic mass is 9.90. The van der Waals surface area contributed by atoms with Crippen molar-refractivity contribution >= 4 is 34.7 Å². The maximum Gasteiger partial charge on any atom is 0.0366 e. The van der Waals surface area contributed by atoms with Gasteiger partial charge in [0.05, 0.1) is 0 Å². The van der Waals surface area contributed by atoms with Gasteiger partial charge in [-0.05, 0) is 145 Å². The Labute approximate surface area is 315 Å². The number of aryl methyl sites for hydroxylation is 4. The Hall–Kier alpha value is -4.82. The van der Waals surface area contributed by atoms with E-state index in [0.717, 1.165) is 51.9 Å². The van der Waals surface area contributed by atoms with Crippen LogP contribution in [0.1, 0.15) is 109 Å². The van der Waals surface area contributed by atoms with Crippen LogP contribution in [-0.2, 0) is 0 Å². The molecule has 0 aliphatic carbocycles. The molecule has 0 aliphatic rings. The van der Waals surface area contributed by atoms with Gasteiger partial charge in [-0.1, -0.05) is 124 Å². The van der Waals surface area contributed by atoms with Crippen LogP contribution < -0.4 is 9.80 Å². The first-order valence-electron chi connectivity index (χ1n) is 19.6. The van der Waals surface area contributed by atoms with Crippen molar-refractivity contribution in [1.82, 2.24) is 0 Å². The molecule has 0 saturated heterocycles. The first-order valence-corrected chi connectivity index (χ1v) is 19.6. The molecule has 2 heteroatoms. The van der Waals surface area contributed by atoms with Gasteiger partial charge < -0.3 is 9.80 Å². The fourth-order valence-electron chi connectivity index (χ4n) is 7.41. The van der Waals surface area contributed by atoms with Gasteiger partial charge in [-0.25, -0.2) is 0 Å². The van der Waals surface area contributed by atoms with E-state index in [-0.39, 0.29) is 0 Å². The summed E-state index contributed by atoms with van der Waals surface area (Å²) in [5.74, 6) is 0. The monoisotopic (exact) mass is 688 g/mol. The standard InChI is InChI=1S/C50H60N2/c1-9-29-51(30-10-2)45-23-19-43(20-24-45)49(47-27-13-37(5)33-39(47)7)35-41-15-17-42(18-16-41)36-50(48-28-14-38(6)34-40(48)8)44-21-25-46(26-22-44)52(31-11-3)32-12-4/h13-28,33-36H,9-12,29-32H2,1-8H3/b49-35-,50-36-. The second-order valence-electron chi connectivity index (χ2n) is 14.5. The Morgan fingerprint density at radius 2 is 0.750 bits per heavy atom. The summed E-state index contributed by atoms with van der Waals surface area (Å²) < 4.78 is 0. The molecule has 0 saturated carbocycles. The zero-order valence-corrected chi connectivity index (χ0v) is 33.1. The fraction of sp³-hybridized carbons (Fsp3) is 0.320. The van der Waals surface area contributed by atoms with Crippen LogP contribution in [0.3, 0.4) is 0 Å². The SMILES string of the molecule is CCCN(CCC)c1ccc(/C(=C/c2ccc(/C=C(/c3ccc(N(CCC)CCC)cc3)c3ccc(C)cc3C)cc2)c2ccc(C)cc2C)cc1. The quantitative estimate of drug-likeness (QED) is 0.0952. The highest BCUT2D eigenvalue weighted by molar-refractivity contribution is 5.94. The van der Waals surface area contributed by atoms with Crippen LogP contribution in [-0.4, -0.2) is 26.2 Å². The zero-order valence-electron chi connectivity index (χ0n) is 33.1. The van der Waals surface area contributed by atoms with Crippen LogP contribution in [0.2, 0.25) is 0 Å². The van der Waals surface area contributed by atoms with Crippen molar-refractivity contribution in [3.05, 3.63) is 165 Å². The second-order valence-corrected chi connectivity index (χ2v) is 14.5. The zero-order chi connectivity index (χ0) is 37.0. The number of nitrogens with zero attached hydrogens (tertiary/aromatic N) is 2. The number of benzene rings is 5. The highest BCUT2D eigenvalue weighted by atomic mass is 15.1. The van der Waals surface area contributed by atoms with Crippen LogP contribution in [0, 0.1) is 27.7 Å². The molecule has 5 aromatic rings. The van der Waals surface area contributed by atoms with Crippen LogP contribution in [0.15, 0.2) is 109 Å². The number of hydrogen-bond acceptors (Lipinski definition) is 2. The van der Waals surface area contributed by atoms with Crippen molar-refractivity contribution < 1.29 is 0 Å². The molecule has 0 spiro atoms. The minimum Gasteiger partial charge on any atom is -0.372 e. The van der Waals surface area contributed by atoms with E-state index < -0.39 is 0 Å². The Bertz CT molecular complexity index is 1790. The number of hydrogen-bond donors (Lipinski definition) is 0. The lowest BCUT2D eigenvalue weighted by molar-refractivity contribution is 0.745. The Morgan fingerprint density at radius 1 is 0.423 bits per heavy atom. The topological polar surface area (TPSA) is 6.48 Å². The fourth-order valence-corrected chi connectivity index (χ4v) is 7.41. The van der Waals surface area contributed by atoms with E-state index in [1.54, 1.807) is 0 Å². The van der Waals surface area contributed by atoms with Crippen molar-refractivity contribution in [2.45, 2.75) is 81.1 Å². The molecule has 0 unspecified atom stereocenters. The van der Waals surface area contributed by atoms with E-state index in [2.05, 4.69) is 187 Å². The summed E-state index contributed by atoms with van der Waals surface area (Å²) >= 11 is 0. The predicted molar refractivity (Wildman–Crippen MR) is 231 cm³/mol. The third kappa shape index (κ3) is 9.73. The average Bonchev–Trinajstić information content (AvgIpc) is 3.14. The first kappa shape index (κ1) is 38.4. The van der Waals surface area contributed by atoms with Crippen molar-refractivity contribution in [1.29, 1.82) is 0 Å². The molecule has 0 aromatic heterocycles. The molecule has 52 heavy (non-hydrogen) atoms. The van der Waals surface area contributed by atoms with Crippen LogP contribution in [0.5, 0.6) is 0 Å². The summed E-state index contributed by atoms with van der Waals surface area (Å²) in [5.41, 5.74) is 17.7. The molecule has 5 rings (SSSR count). The third-order valence-corrected chi connectivity index (χ3v) is 9.96. The van der Waals surface area contributed by atoms with E-state index in [9.17, 15) is 0 Å². The van der Waals surface area contributed by atoms with Gasteiger partial charge in [0.2, 0.25) is 0 Å². The Morgan fingerprint density at radius 3 is 1.04 bits per heavy atom. The molecule has 0 fully saturated rings. The molecule has 0 atom stereocenters. The van der Waals surface area contributed by atoms with Gasteiger partial charge in [0.25, 0.3) is 0 Å². The Balaban J connectivity index is 1.53. The van der Waals surface area contributed by atoms with Gasteiger partial charge >= 0.3 is 0 Å². The van der Waals surface area contributed by atoms with Crippen molar-refractivity contribution in [2.24, 2.45) is 0 Å². The minimum atomic E-state index is 1.08. The maximum atomic E-state index is 2.50. The smallest absolute Gasteiger partial charge is 0.0366 e. The van der Waals surface area contributed by atoms with Gasteiger partial charge in [0.15, 0.2) is 0 Å². The molecule has 0 amide bonds. The summed E-state index contributed by atoms with van der Waals surface area (Å²) in [4.78, 5) is 5.01. The lowest BCUT2D eigenvalue weighted by Crippen LogP contribution is -2.24. The van der Waals surface area contributed by atoms with Gasteiger partial charge in [0.1, 0.15) is 0 Å². The average molecular weight is 689 g/mol. The van der Waals surface area contributed by atoms with Crippen LogP contribution >= 0.6 is 0 Å². The van der Waals surface area contributed by atoms with Crippen molar-refractivity contribution in [3.63, 3.8) is 0 Å². The third-order valence-electron chi connectivity index (χ3n) is 9.96. The second kappa shape index (κ2) is 18.6. The Kier molecular flexibility index (Phi) is 13.7. The predicted octanol–water partition coefficient (Wildman–Crippen LogP) is 13.4. The van der Waals surface area contributed by atoms with Gasteiger partial charge in [-0.3, -0.25) is 0 Å². The molecule has 0 heterocycles. The largest absolute Gasteiger partial charge is 0.372 e. The summed E-state index contributed by atoms with van der Waals surface area (Å²) in [6.45, 7) is 22.2. The molecule has 2 nitrogen and oxygen atoms in total. The van der Waals surface area contributed by atoms with E-state index in [0.29, 0.717) is 0 Å². The molecule has 5 aromatic carbocycles. The summed E-state index contributed by atoms with van der Waals surface area (Å²) in [6, 6.07) is 41.1. The molecular weight excluding hydrogens is 629 g/mol. The molecule has 0 bridgehead atoms. The molecular formula is C50H60N2. The number of anilines is 2. The highest BCUT2D eigenvalue weighted by Crippen LogP contribution is 2.33. The number of rotatable bonds is 16. The maximum absolute atomic E-state index is 2.50. The lowest BCUT2D eigenvalue weighted by Gasteiger charge is -2.24. The van der Waals surface area contributed by atoms with E-state index in [1.165, 1.54) is 78.2 Å².